The van der Waals surface area contributed by atoms with Gasteiger partial charge in [-0.15, -0.1) is 0 Å². The molecule has 0 radical (unpaired) electrons. The summed E-state index contributed by atoms with van der Waals surface area (Å²) in [7, 11) is 0. The van der Waals surface area contributed by atoms with Crippen LogP contribution in [-0.2, 0) is 5.60 Å². The first-order valence-electron chi connectivity index (χ1n) is 3.99. The van der Waals surface area contributed by atoms with E-state index in [9.17, 15) is 19.6 Å². The minimum atomic E-state index is -1.43. The lowest BCUT2D eigenvalue weighted by atomic mass is 9.96. The van der Waals surface area contributed by atoms with E-state index in [0.717, 1.165) is 18.2 Å². The molecule has 0 fully saturated rings. The summed E-state index contributed by atoms with van der Waals surface area (Å²) in [6.07, 6.45) is 0. The van der Waals surface area contributed by atoms with Crippen LogP contribution in [0.25, 0.3) is 0 Å². The van der Waals surface area contributed by atoms with Gasteiger partial charge in [0.25, 0.3) is 5.69 Å². The largest absolute Gasteiger partial charge is 0.385 e. The Balaban J connectivity index is 3.38. The number of nitrogens with zero attached hydrogens (tertiary/aromatic N) is 1. The zero-order valence-electron chi connectivity index (χ0n) is 7.82. The van der Waals surface area contributed by atoms with Gasteiger partial charge < -0.3 is 5.11 Å². The number of rotatable bonds is 2. The van der Waals surface area contributed by atoms with Crippen LogP contribution in [0.1, 0.15) is 19.4 Å². The molecule has 1 N–H and O–H groups in total. The Morgan fingerprint density at radius 2 is 2.07 bits per heavy atom. The third-order valence-corrected chi connectivity index (χ3v) is 1.81. The van der Waals surface area contributed by atoms with Gasteiger partial charge in [-0.25, -0.2) is 4.39 Å². The lowest BCUT2D eigenvalue weighted by Gasteiger charge is -2.17. The number of nitro groups is 1. The van der Waals surface area contributed by atoms with Gasteiger partial charge in [-0.2, -0.15) is 0 Å². The van der Waals surface area contributed by atoms with Gasteiger partial charge in [0.2, 0.25) is 0 Å². The number of aliphatic hydroxyl groups is 1. The molecule has 0 amide bonds. The molecule has 14 heavy (non-hydrogen) atoms. The topological polar surface area (TPSA) is 63.4 Å². The second-order valence-electron chi connectivity index (χ2n) is 3.48. The van der Waals surface area contributed by atoms with Crippen LogP contribution in [0.4, 0.5) is 10.1 Å². The van der Waals surface area contributed by atoms with Crippen molar-refractivity contribution in [3.8, 4) is 0 Å². The van der Waals surface area contributed by atoms with E-state index in [2.05, 4.69) is 0 Å². The van der Waals surface area contributed by atoms with Crippen LogP contribution < -0.4 is 0 Å². The van der Waals surface area contributed by atoms with Gasteiger partial charge in [-0.3, -0.25) is 10.1 Å². The summed E-state index contributed by atoms with van der Waals surface area (Å²) >= 11 is 0. The van der Waals surface area contributed by atoms with Crippen LogP contribution in [-0.4, -0.2) is 10.0 Å². The Labute approximate surface area is 80.1 Å². The lowest BCUT2D eigenvalue weighted by Crippen LogP contribution is -2.17. The molecule has 0 atom stereocenters. The van der Waals surface area contributed by atoms with Crippen molar-refractivity contribution in [3.05, 3.63) is 39.7 Å². The highest BCUT2D eigenvalue weighted by molar-refractivity contribution is 5.43. The highest BCUT2D eigenvalue weighted by atomic mass is 19.1. The van der Waals surface area contributed by atoms with Crippen LogP contribution >= 0.6 is 0 Å². The van der Waals surface area contributed by atoms with Crippen molar-refractivity contribution in [2.24, 2.45) is 0 Å². The summed E-state index contributed by atoms with van der Waals surface area (Å²) in [5, 5.41) is 20.1. The highest BCUT2D eigenvalue weighted by Crippen LogP contribution is 2.29. The summed E-state index contributed by atoms with van der Waals surface area (Å²) in [5.74, 6) is -0.604. The van der Waals surface area contributed by atoms with Crippen molar-refractivity contribution in [1.82, 2.24) is 0 Å². The van der Waals surface area contributed by atoms with Crippen molar-refractivity contribution in [1.29, 1.82) is 0 Å². The lowest BCUT2D eigenvalue weighted by molar-refractivity contribution is -0.386. The average molecular weight is 199 g/mol. The maximum Gasteiger partial charge on any atom is 0.275 e. The van der Waals surface area contributed by atoms with Gasteiger partial charge in [-0.1, -0.05) is 0 Å². The van der Waals surface area contributed by atoms with Crippen molar-refractivity contribution in [2.45, 2.75) is 19.4 Å². The number of nitro benzene ring substituents is 1. The van der Waals surface area contributed by atoms with E-state index in [0.29, 0.717) is 0 Å². The molecule has 0 aliphatic carbocycles. The van der Waals surface area contributed by atoms with Crippen LogP contribution in [0.2, 0.25) is 0 Å². The van der Waals surface area contributed by atoms with Crippen LogP contribution in [0.5, 0.6) is 0 Å². The zero-order valence-corrected chi connectivity index (χ0v) is 7.82. The molecule has 0 bridgehead atoms. The summed E-state index contributed by atoms with van der Waals surface area (Å²) < 4.78 is 12.8. The molecule has 0 heterocycles. The minimum absolute atomic E-state index is 0.0255. The number of halogens is 1. The quantitative estimate of drug-likeness (QED) is 0.585. The molecule has 0 unspecified atom stereocenters. The molecule has 4 nitrogen and oxygen atoms in total. The zero-order chi connectivity index (χ0) is 10.9. The Kier molecular flexibility index (Phi) is 2.53. The predicted octanol–water partition coefficient (Wildman–Crippen LogP) is 1.96. The van der Waals surface area contributed by atoms with E-state index in [1.165, 1.54) is 13.8 Å². The molecule has 1 aromatic carbocycles. The average Bonchev–Trinajstić information content (AvgIpc) is 2.01. The van der Waals surface area contributed by atoms with E-state index >= 15 is 0 Å². The molecule has 76 valence electrons. The Morgan fingerprint density at radius 1 is 1.50 bits per heavy atom. The minimum Gasteiger partial charge on any atom is -0.385 e. The van der Waals surface area contributed by atoms with Gasteiger partial charge in [0.05, 0.1) is 16.1 Å². The predicted molar refractivity (Wildman–Crippen MR) is 48.3 cm³/mol. The van der Waals surface area contributed by atoms with E-state index < -0.39 is 16.3 Å². The van der Waals surface area contributed by atoms with Crippen LogP contribution in [0.3, 0.4) is 0 Å². The second-order valence-corrected chi connectivity index (χ2v) is 3.48. The van der Waals surface area contributed by atoms with Gasteiger partial charge in [0, 0.05) is 6.07 Å². The smallest absolute Gasteiger partial charge is 0.275 e. The van der Waals surface area contributed by atoms with Gasteiger partial charge in [-0.05, 0) is 26.0 Å². The molecular formula is C9H10FNO3. The highest BCUT2D eigenvalue weighted by Gasteiger charge is 2.26. The third-order valence-electron chi connectivity index (χ3n) is 1.81. The van der Waals surface area contributed by atoms with Crippen molar-refractivity contribution in [3.63, 3.8) is 0 Å². The molecule has 0 aliphatic rings. The number of hydrogen-bond acceptors (Lipinski definition) is 3. The normalized spacial score (nSPS) is 11.4. The molecule has 0 saturated heterocycles. The van der Waals surface area contributed by atoms with Gasteiger partial charge in [0.1, 0.15) is 5.82 Å². The number of benzene rings is 1. The fourth-order valence-corrected chi connectivity index (χ4v) is 1.16. The van der Waals surface area contributed by atoms with E-state index in [1.807, 2.05) is 0 Å². The monoisotopic (exact) mass is 199 g/mol. The fraction of sp³-hybridized carbons (Fsp3) is 0.333. The first-order chi connectivity index (χ1) is 6.32. The van der Waals surface area contributed by atoms with Crippen molar-refractivity contribution < 1.29 is 14.4 Å². The summed E-state index contributed by atoms with van der Waals surface area (Å²) in [6, 6.07) is 3.01. The first kappa shape index (κ1) is 10.6. The Morgan fingerprint density at radius 3 is 2.50 bits per heavy atom. The molecule has 0 aromatic heterocycles. The molecular weight excluding hydrogens is 189 g/mol. The SMILES string of the molecule is CC(C)(O)c1cc(F)ccc1[N+](=O)[O-]. The molecule has 1 rings (SSSR count). The standard InChI is InChI=1S/C9H10FNO3/c1-9(2,12)7-5-6(10)3-4-8(7)11(13)14/h3-5,12H,1-2H3. The van der Waals surface area contributed by atoms with Crippen molar-refractivity contribution >= 4 is 5.69 Å². The number of hydrogen-bond donors (Lipinski definition) is 1. The first-order valence-corrected chi connectivity index (χ1v) is 3.99. The summed E-state index contributed by atoms with van der Waals surface area (Å²) in [5.41, 5.74) is -1.73. The molecule has 0 spiro atoms. The summed E-state index contributed by atoms with van der Waals surface area (Å²) in [6.45, 7) is 2.74. The van der Waals surface area contributed by atoms with E-state index in [-0.39, 0.29) is 11.3 Å². The van der Waals surface area contributed by atoms with E-state index in [1.54, 1.807) is 0 Å². The summed E-state index contributed by atoms with van der Waals surface area (Å²) in [4.78, 5) is 9.91. The maximum atomic E-state index is 12.8. The third kappa shape index (κ3) is 2.05. The van der Waals surface area contributed by atoms with Gasteiger partial charge >= 0.3 is 0 Å². The Bertz CT molecular complexity index is 371. The molecule has 5 heteroatoms. The fourth-order valence-electron chi connectivity index (χ4n) is 1.16. The van der Waals surface area contributed by atoms with Crippen LogP contribution in [0.15, 0.2) is 18.2 Å². The molecule has 0 saturated carbocycles. The van der Waals surface area contributed by atoms with Crippen molar-refractivity contribution in [2.75, 3.05) is 0 Å². The van der Waals surface area contributed by atoms with E-state index in [4.69, 9.17) is 0 Å². The molecule has 0 aliphatic heterocycles. The van der Waals surface area contributed by atoms with Crippen LogP contribution in [0, 0.1) is 15.9 Å². The maximum absolute atomic E-state index is 12.8. The second kappa shape index (κ2) is 3.34. The van der Waals surface area contributed by atoms with Gasteiger partial charge in [0.15, 0.2) is 0 Å². The Hall–Kier alpha value is -1.49. The molecule has 1 aromatic rings.